The van der Waals surface area contributed by atoms with Crippen molar-refractivity contribution < 1.29 is 0 Å². The molecule has 0 aromatic carbocycles. The molecule has 2 rings (SSSR count). The Bertz CT molecular complexity index is 278. The van der Waals surface area contributed by atoms with Gasteiger partial charge in [0.25, 0.3) is 0 Å². The number of allylic oxidation sites excluding steroid dienone is 1. The molecule has 0 aromatic rings. The Morgan fingerprint density at radius 1 is 0.944 bits per heavy atom. The smallest absolute Gasteiger partial charge is 0.00109 e. The zero-order valence-electron chi connectivity index (χ0n) is 13.5. The minimum Gasteiger partial charge on any atom is -0.238 e. The van der Waals surface area contributed by atoms with E-state index in [4.69, 9.17) is 0 Å². The highest BCUT2D eigenvalue weighted by molar-refractivity contribution is 8.33. The van der Waals surface area contributed by atoms with Crippen LogP contribution in [-0.2, 0) is 0 Å². The van der Waals surface area contributed by atoms with Crippen LogP contribution in [0.2, 0.25) is 0 Å². The Hall–Kier alpha value is 0.0900. The minimum atomic E-state index is -0.307. The molecule has 2 atom stereocenters. The van der Waals surface area contributed by atoms with E-state index in [1.807, 2.05) is 25.0 Å². The molecule has 108 valence electrons. The number of hydrogen-bond acceptors (Lipinski definition) is 0. The predicted molar refractivity (Wildman–Crippen MR) is 89.0 cm³/mol. The van der Waals surface area contributed by atoms with Gasteiger partial charge in [0.2, 0.25) is 0 Å². The van der Waals surface area contributed by atoms with Gasteiger partial charge >= 0.3 is 0 Å². The molecule has 0 N–H and O–H groups in total. The molecule has 1 heteroatoms. The molecular weight excluding hydrogens is 236 g/mol. The number of fused-ring (bicyclic) bond motifs is 2. The zero-order valence-corrected chi connectivity index (χ0v) is 14.3. The van der Waals surface area contributed by atoms with Gasteiger partial charge in [0.15, 0.2) is 0 Å². The minimum absolute atomic E-state index is 0.307. The molecule has 2 aliphatic rings. The van der Waals surface area contributed by atoms with Crippen LogP contribution in [0.5, 0.6) is 0 Å². The first-order chi connectivity index (χ1) is 8.65. The quantitative estimate of drug-likeness (QED) is 0.568. The fourth-order valence-electron chi connectivity index (χ4n) is 3.76. The largest absolute Gasteiger partial charge is 0.238 e. The molecule has 18 heavy (non-hydrogen) atoms. The molecule has 0 heterocycles. The van der Waals surface area contributed by atoms with Crippen LogP contribution in [0, 0.1) is 11.8 Å². The Morgan fingerprint density at radius 3 is 1.83 bits per heavy atom. The Kier molecular flexibility index (Phi) is 6.30. The van der Waals surface area contributed by atoms with Crippen molar-refractivity contribution in [1.29, 1.82) is 0 Å². The van der Waals surface area contributed by atoms with Crippen molar-refractivity contribution in [2.45, 2.75) is 60.8 Å². The summed E-state index contributed by atoms with van der Waals surface area (Å²) in [6.45, 7) is 13.7. The molecule has 1 unspecified atom stereocenters. The summed E-state index contributed by atoms with van der Waals surface area (Å²) < 4.78 is 0. The third-order valence-corrected chi connectivity index (χ3v) is 9.94. The topological polar surface area (TPSA) is 0 Å². The van der Waals surface area contributed by atoms with Crippen LogP contribution in [-0.4, -0.2) is 23.0 Å². The predicted octanol–water partition coefficient (Wildman–Crippen LogP) is 5.62. The summed E-state index contributed by atoms with van der Waals surface area (Å²) in [5.74, 6) is 7.80. The van der Waals surface area contributed by atoms with Gasteiger partial charge < -0.3 is 0 Å². The standard InChI is InChI=1S/C15H28S.C2H6/c1-5-16(6-2,7-3)11-15-12(4)13-8-9-14(15)10-13;1-2/h13-14H,5-11H2,1-4H3;1-2H3/t13?,14-;/m1./s1. The number of hydrogen-bond donors (Lipinski definition) is 0. The van der Waals surface area contributed by atoms with E-state index in [2.05, 4.69) is 27.7 Å². The highest BCUT2D eigenvalue weighted by Crippen LogP contribution is 2.56. The highest BCUT2D eigenvalue weighted by atomic mass is 32.3. The second-order valence-corrected chi connectivity index (χ2v) is 10.1. The fraction of sp³-hybridized carbons (Fsp3) is 0.882. The summed E-state index contributed by atoms with van der Waals surface area (Å²) >= 11 is 0. The molecule has 1 saturated carbocycles. The first-order valence-corrected chi connectivity index (χ1v) is 10.4. The van der Waals surface area contributed by atoms with Crippen molar-refractivity contribution in [2.24, 2.45) is 11.8 Å². The third kappa shape index (κ3) is 2.98. The van der Waals surface area contributed by atoms with Crippen LogP contribution >= 0.6 is 10.0 Å². The van der Waals surface area contributed by atoms with E-state index in [1.54, 1.807) is 0 Å². The summed E-state index contributed by atoms with van der Waals surface area (Å²) in [7, 11) is -0.307. The third-order valence-electron chi connectivity index (χ3n) is 5.34. The lowest BCUT2D eigenvalue weighted by Crippen LogP contribution is -2.18. The lowest BCUT2D eigenvalue weighted by atomic mass is 9.94. The Balaban J connectivity index is 0.000000771. The maximum Gasteiger partial charge on any atom is -0.00109 e. The summed E-state index contributed by atoms with van der Waals surface area (Å²) in [4.78, 5) is 0. The van der Waals surface area contributed by atoms with Crippen LogP contribution in [0.1, 0.15) is 60.8 Å². The molecule has 0 aromatic heterocycles. The summed E-state index contributed by atoms with van der Waals surface area (Å²) in [6.07, 6.45) is 4.50. The average molecular weight is 271 g/mol. The zero-order chi connectivity index (χ0) is 13.8. The molecule has 0 aliphatic heterocycles. The summed E-state index contributed by atoms with van der Waals surface area (Å²) in [5, 5.41) is 0. The van der Waals surface area contributed by atoms with Crippen LogP contribution < -0.4 is 0 Å². The SMILES string of the molecule is CC.CCS(CC)(CC)CC1=C(C)C2CC[C@@H]1C2. The summed E-state index contributed by atoms with van der Waals surface area (Å²) in [5.41, 5.74) is 3.72. The second-order valence-electron chi connectivity index (χ2n) is 5.65. The Labute approximate surface area is 117 Å². The van der Waals surface area contributed by atoms with Gasteiger partial charge in [0, 0.05) is 0 Å². The van der Waals surface area contributed by atoms with Gasteiger partial charge in [0.1, 0.15) is 0 Å². The molecule has 0 nitrogen and oxygen atoms in total. The molecular formula is C17H34S. The van der Waals surface area contributed by atoms with Crippen molar-refractivity contribution in [2.75, 3.05) is 23.0 Å². The maximum atomic E-state index is 2.43. The van der Waals surface area contributed by atoms with Gasteiger partial charge in [-0.05, 0) is 61.0 Å². The second kappa shape index (κ2) is 7.03. The van der Waals surface area contributed by atoms with Crippen molar-refractivity contribution in [3.63, 3.8) is 0 Å². The van der Waals surface area contributed by atoms with Gasteiger partial charge in [-0.3, -0.25) is 0 Å². The van der Waals surface area contributed by atoms with Crippen molar-refractivity contribution >= 4 is 10.0 Å². The van der Waals surface area contributed by atoms with Crippen LogP contribution in [0.15, 0.2) is 11.1 Å². The molecule has 2 aliphatic carbocycles. The van der Waals surface area contributed by atoms with E-state index in [0.29, 0.717) is 0 Å². The summed E-state index contributed by atoms with van der Waals surface area (Å²) in [6, 6.07) is 0. The normalized spacial score (nSPS) is 27.2. The molecule has 0 amide bonds. The monoisotopic (exact) mass is 270 g/mol. The first kappa shape index (κ1) is 16.1. The lowest BCUT2D eigenvalue weighted by Gasteiger charge is -2.39. The molecule has 1 fully saturated rings. The van der Waals surface area contributed by atoms with Gasteiger partial charge in [-0.15, -0.1) is 0 Å². The van der Waals surface area contributed by atoms with Gasteiger partial charge in [-0.1, -0.05) is 45.8 Å². The average Bonchev–Trinajstić information content (AvgIpc) is 3.01. The van der Waals surface area contributed by atoms with Gasteiger partial charge in [-0.25, -0.2) is 10.0 Å². The highest BCUT2D eigenvalue weighted by Gasteiger charge is 2.38. The molecule has 2 bridgehead atoms. The van der Waals surface area contributed by atoms with E-state index in [9.17, 15) is 0 Å². The lowest BCUT2D eigenvalue weighted by molar-refractivity contribution is 0.649. The van der Waals surface area contributed by atoms with Gasteiger partial charge in [-0.2, -0.15) is 0 Å². The maximum absolute atomic E-state index is 2.43. The van der Waals surface area contributed by atoms with Crippen molar-refractivity contribution in [3.05, 3.63) is 11.1 Å². The molecule has 0 saturated heterocycles. The van der Waals surface area contributed by atoms with Crippen LogP contribution in [0.4, 0.5) is 0 Å². The van der Waals surface area contributed by atoms with Crippen LogP contribution in [0.3, 0.4) is 0 Å². The van der Waals surface area contributed by atoms with E-state index >= 15 is 0 Å². The van der Waals surface area contributed by atoms with E-state index in [-0.39, 0.29) is 10.0 Å². The van der Waals surface area contributed by atoms with E-state index in [0.717, 1.165) is 11.8 Å². The molecule has 0 spiro atoms. The van der Waals surface area contributed by atoms with E-state index < -0.39 is 0 Å². The first-order valence-electron chi connectivity index (χ1n) is 8.09. The molecule has 0 radical (unpaired) electrons. The van der Waals surface area contributed by atoms with Crippen molar-refractivity contribution in [3.8, 4) is 0 Å². The van der Waals surface area contributed by atoms with E-state index in [1.165, 1.54) is 42.3 Å². The van der Waals surface area contributed by atoms with Crippen molar-refractivity contribution in [1.82, 2.24) is 0 Å². The fourth-order valence-corrected chi connectivity index (χ4v) is 6.72. The van der Waals surface area contributed by atoms with Crippen LogP contribution in [0.25, 0.3) is 0 Å². The Morgan fingerprint density at radius 2 is 1.44 bits per heavy atom. The number of rotatable bonds is 5. The van der Waals surface area contributed by atoms with Gasteiger partial charge in [0.05, 0.1) is 0 Å².